The van der Waals surface area contributed by atoms with E-state index in [0.29, 0.717) is 12.8 Å². The molecule has 4 heteroatoms. The average Bonchev–Trinajstić information content (AvgIpc) is 2.64. The maximum atomic E-state index is 12.0. The first-order valence-corrected chi connectivity index (χ1v) is 10.7. The Balaban J connectivity index is 2.76. The Morgan fingerprint density at radius 3 is 1.75 bits per heavy atom. The van der Waals surface area contributed by atoms with Crippen molar-refractivity contribution in [1.82, 2.24) is 0 Å². The number of carbonyl (C=O) groups excluding carboxylic acids is 2. The molecule has 1 aromatic rings. The molecule has 0 aromatic heterocycles. The largest absolute Gasteiger partial charge is 0.461 e. The molecular weight excluding hydrogens is 352 g/mol. The van der Waals surface area contributed by atoms with Crippen LogP contribution in [0.2, 0.25) is 0 Å². The Morgan fingerprint density at radius 2 is 1.29 bits per heavy atom. The van der Waals surface area contributed by atoms with Crippen LogP contribution in [0.15, 0.2) is 18.2 Å². The van der Waals surface area contributed by atoms with Gasteiger partial charge in [0.25, 0.3) is 0 Å². The molecule has 1 aromatic carbocycles. The van der Waals surface area contributed by atoms with Crippen LogP contribution < -0.4 is 0 Å². The van der Waals surface area contributed by atoms with E-state index in [4.69, 9.17) is 9.47 Å². The van der Waals surface area contributed by atoms with Gasteiger partial charge in [0.05, 0.1) is 0 Å². The molecule has 28 heavy (non-hydrogen) atoms. The molecule has 158 valence electrons. The van der Waals surface area contributed by atoms with Gasteiger partial charge in [0.15, 0.2) is 0 Å². The normalized spacial score (nSPS) is 11.3. The number of benzene rings is 1. The fourth-order valence-electron chi connectivity index (χ4n) is 2.87. The minimum Gasteiger partial charge on any atom is -0.461 e. The molecule has 0 aliphatic rings. The van der Waals surface area contributed by atoms with Gasteiger partial charge in [-0.25, -0.2) is 0 Å². The highest BCUT2D eigenvalue weighted by molar-refractivity contribution is 5.69. The number of esters is 2. The van der Waals surface area contributed by atoms with Gasteiger partial charge in [-0.1, -0.05) is 78.5 Å². The molecule has 0 fully saturated rings. The molecule has 4 nitrogen and oxygen atoms in total. The lowest BCUT2D eigenvalue weighted by Gasteiger charge is -2.21. The zero-order valence-electron chi connectivity index (χ0n) is 18.4. The van der Waals surface area contributed by atoms with Gasteiger partial charge >= 0.3 is 11.9 Å². The summed E-state index contributed by atoms with van der Waals surface area (Å²) in [6.07, 6.45) is 6.86. The quantitative estimate of drug-likeness (QED) is 0.313. The van der Waals surface area contributed by atoms with Crippen molar-refractivity contribution in [2.45, 2.75) is 105 Å². The molecule has 0 heterocycles. The summed E-state index contributed by atoms with van der Waals surface area (Å²) in [6.45, 7) is 11.1. The smallest absolute Gasteiger partial charge is 0.306 e. The molecule has 0 unspecified atom stereocenters. The van der Waals surface area contributed by atoms with E-state index in [9.17, 15) is 9.59 Å². The maximum Gasteiger partial charge on any atom is 0.306 e. The van der Waals surface area contributed by atoms with Gasteiger partial charge in [0, 0.05) is 12.8 Å². The van der Waals surface area contributed by atoms with Crippen molar-refractivity contribution in [3.05, 3.63) is 34.9 Å². The Kier molecular flexibility index (Phi) is 10.9. The second-order valence-corrected chi connectivity index (χ2v) is 8.47. The fourth-order valence-corrected chi connectivity index (χ4v) is 2.87. The van der Waals surface area contributed by atoms with Crippen molar-refractivity contribution in [3.63, 3.8) is 0 Å². The number of ether oxygens (including phenoxy) is 2. The first-order chi connectivity index (χ1) is 13.3. The summed E-state index contributed by atoms with van der Waals surface area (Å²) in [7, 11) is 0. The van der Waals surface area contributed by atoms with Gasteiger partial charge < -0.3 is 9.47 Å². The minimum atomic E-state index is -0.171. The van der Waals surface area contributed by atoms with Gasteiger partial charge in [-0.15, -0.1) is 0 Å². The Hall–Kier alpha value is -1.84. The van der Waals surface area contributed by atoms with E-state index < -0.39 is 0 Å². The molecule has 0 aliphatic heterocycles. The highest BCUT2D eigenvalue weighted by Crippen LogP contribution is 2.26. The van der Waals surface area contributed by atoms with Crippen molar-refractivity contribution in [1.29, 1.82) is 0 Å². The molecule has 0 N–H and O–H groups in total. The molecule has 1 rings (SSSR count). The molecule has 0 amide bonds. The lowest BCUT2D eigenvalue weighted by molar-refractivity contribution is -0.146. The van der Waals surface area contributed by atoms with Crippen LogP contribution in [0.3, 0.4) is 0 Å². The number of rotatable bonds is 12. The lowest BCUT2D eigenvalue weighted by atomic mass is 9.85. The molecule has 0 aliphatic carbocycles. The molecule has 0 saturated heterocycles. The predicted molar refractivity (Wildman–Crippen MR) is 113 cm³/mol. The van der Waals surface area contributed by atoms with Crippen molar-refractivity contribution in [2.24, 2.45) is 0 Å². The predicted octanol–water partition coefficient (Wildman–Crippen LogP) is 6.23. The first kappa shape index (κ1) is 24.2. The third-order valence-corrected chi connectivity index (χ3v) is 4.82. The Bertz CT molecular complexity index is 614. The fraction of sp³-hybridized carbons (Fsp3) is 0.667. The molecule has 0 saturated carbocycles. The van der Waals surface area contributed by atoms with E-state index in [1.54, 1.807) is 0 Å². The van der Waals surface area contributed by atoms with E-state index in [0.717, 1.165) is 49.7 Å². The second-order valence-electron chi connectivity index (χ2n) is 8.47. The summed E-state index contributed by atoms with van der Waals surface area (Å²) in [5.74, 6) is -0.340. The van der Waals surface area contributed by atoms with Crippen molar-refractivity contribution in [3.8, 4) is 0 Å². The van der Waals surface area contributed by atoms with Crippen LogP contribution in [0.5, 0.6) is 0 Å². The maximum absolute atomic E-state index is 12.0. The van der Waals surface area contributed by atoms with E-state index >= 15 is 0 Å². The third kappa shape index (κ3) is 9.38. The van der Waals surface area contributed by atoms with Crippen LogP contribution in [-0.2, 0) is 37.7 Å². The van der Waals surface area contributed by atoms with Gasteiger partial charge in [-0.2, -0.15) is 0 Å². The second kappa shape index (κ2) is 12.6. The van der Waals surface area contributed by atoms with Crippen molar-refractivity contribution < 1.29 is 19.1 Å². The van der Waals surface area contributed by atoms with Gasteiger partial charge in [-0.05, 0) is 34.9 Å². The number of hydrogen-bond acceptors (Lipinski definition) is 4. The molecule has 0 radical (unpaired) electrons. The van der Waals surface area contributed by atoms with Gasteiger partial charge in [0.2, 0.25) is 0 Å². The molecule has 0 bridgehead atoms. The Morgan fingerprint density at radius 1 is 0.786 bits per heavy atom. The van der Waals surface area contributed by atoms with Crippen LogP contribution >= 0.6 is 0 Å². The summed E-state index contributed by atoms with van der Waals surface area (Å²) in [5, 5.41) is 0. The summed E-state index contributed by atoms with van der Waals surface area (Å²) in [5.41, 5.74) is 2.98. The third-order valence-electron chi connectivity index (χ3n) is 4.82. The Labute approximate surface area is 171 Å². The zero-order valence-corrected chi connectivity index (χ0v) is 18.4. The van der Waals surface area contributed by atoms with Gasteiger partial charge in [0.1, 0.15) is 13.2 Å². The van der Waals surface area contributed by atoms with Crippen molar-refractivity contribution >= 4 is 11.9 Å². The number of carbonyl (C=O) groups is 2. The average molecular weight is 391 g/mol. The van der Waals surface area contributed by atoms with Gasteiger partial charge in [-0.3, -0.25) is 9.59 Å². The summed E-state index contributed by atoms with van der Waals surface area (Å²) in [6, 6.07) is 6.12. The SMILES string of the molecule is CCCCCC(=O)OCc1ccc(C(C)(C)C)cc1COC(=O)CCCCC. The number of hydrogen-bond donors (Lipinski definition) is 0. The number of unbranched alkanes of at least 4 members (excludes halogenated alkanes) is 4. The molecule has 0 atom stereocenters. The molecule has 0 spiro atoms. The van der Waals surface area contributed by atoms with Crippen LogP contribution in [-0.4, -0.2) is 11.9 Å². The minimum absolute atomic E-state index is 0.00472. The van der Waals surface area contributed by atoms with Crippen LogP contribution in [0, 0.1) is 0 Å². The van der Waals surface area contributed by atoms with E-state index in [2.05, 4.69) is 46.8 Å². The lowest BCUT2D eigenvalue weighted by Crippen LogP contribution is -2.14. The van der Waals surface area contributed by atoms with Crippen LogP contribution in [0.4, 0.5) is 0 Å². The van der Waals surface area contributed by atoms with E-state index in [1.807, 2.05) is 6.07 Å². The summed E-state index contributed by atoms with van der Waals surface area (Å²) in [4.78, 5) is 23.9. The topological polar surface area (TPSA) is 52.6 Å². The van der Waals surface area contributed by atoms with Crippen LogP contribution in [0.25, 0.3) is 0 Å². The summed E-state index contributed by atoms with van der Waals surface area (Å²) < 4.78 is 10.9. The van der Waals surface area contributed by atoms with E-state index in [1.165, 1.54) is 5.56 Å². The molecular formula is C24H38O4. The zero-order chi connectivity index (χ0) is 21.0. The highest BCUT2D eigenvalue weighted by Gasteiger charge is 2.17. The monoisotopic (exact) mass is 390 g/mol. The van der Waals surface area contributed by atoms with Crippen LogP contribution in [0.1, 0.15) is 103 Å². The van der Waals surface area contributed by atoms with E-state index in [-0.39, 0.29) is 30.6 Å². The van der Waals surface area contributed by atoms with Crippen molar-refractivity contribution in [2.75, 3.05) is 0 Å². The standard InChI is InChI=1S/C24H38O4/c1-6-8-10-12-22(25)27-17-19-14-15-21(24(3,4)5)16-20(19)18-28-23(26)13-11-9-7-2/h14-16H,6-13,17-18H2,1-5H3. The highest BCUT2D eigenvalue weighted by atomic mass is 16.5. The first-order valence-electron chi connectivity index (χ1n) is 10.7. The summed E-state index contributed by atoms with van der Waals surface area (Å²) >= 11 is 0.